The van der Waals surface area contributed by atoms with Gasteiger partial charge in [-0.2, -0.15) is 18.3 Å². The summed E-state index contributed by atoms with van der Waals surface area (Å²) in [5.41, 5.74) is 1.68. The van der Waals surface area contributed by atoms with Crippen LogP contribution in [0.15, 0.2) is 53.6 Å². The molecule has 0 spiro atoms. The van der Waals surface area contributed by atoms with Gasteiger partial charge in [0.15, 0.2) is 0 Å². The molecule has 0 saturated carbocycles. The molecule has 0 aromatic heterocycles. The smallest absolute Gasteiger partial charge is 0.418 e. The fraction of sp³-hybridized carbons (Fsp3) is 0.125. The summed E-state index contributed by atoms with van der Waals surface area (Å²) >= 11 is 0. The molecule has 0 amide bonds. The van der Waals surface area contributed by atoms with E-state index < -0.39 is 24.3 Å². The summed E-state index contributed by atoms with van der Waals surface area (Å²) in [6.45, 7) is -0.644. The normalized spacial score (nSPS) is 11.5. The number of carboxylic acids is 1. The lowest BCUT2D eigenvalue weighted by Crippen LogP contribution is -2.29. The number of carbonyl (C=O) groups is 1. The molecule has 2 rings (SSSR count). The maximum absolute atomic E-state index is 12.9. The van der Waals surface area contributed by atoms with E-state index in [1.54, 1.807) is 18.2 Å². The van der Waals surface area contributed by atoms with E-state index in [4.69, 9.17) is 4.74 Å². The molecule has 0 atom stereocenters. The first-order chi connectivity index (χ1) is 11.4. The van der Waals surface area contributed by atoms with Gasteiger partial charge in [0.05, 0.1) is 23.4 Å². The van der Waals surface area contributed by atoms with E-state index in [0.717, 1.165) is 6.07 Å². The zero-order valence-corrected chi connectivity index (χ0v) is 12.2. The molecular formula is C16H12F3N2O3-. The van der Waals surface area contributed by atoms with Crippen molar-refractivity contribution in [2.24, 2.45) is 5.10 Å². The minimum absolute atomic E-state index is 0.200. The van der Waals surface area contributed by atoms with Crippen molar-refractivity contribution in [2.75, 3.05) is 12.0 Å². The summed E-state index contributed by atoms with van der Waals surface area (Å²) in [7, 11) is 0. The summed E-state index contributed by atoms with van der Waals surface area (Å²) < 4.78 is 43.6. The Morgan fingerprint density at radius 2 is 1.83 bits per heavy atom. The summed E-state index contributed by atoms with van der Waals surface area (Å²) in [6.07, 6.45) is -3.27. The zero-order valence-electron chi connectivity index (χ0n) is 12.2. The van der Waals surface area contributed by atoms with E-state index in [-0.39, 0.29) is 11.4 Å². The molecule has 0 unspecified atom stereocenters. The van der Waals surface area contributed by atoms with Crippen LogP contribution in [0.25, 0.3) is 0 Å². The first kappa shape index (κ1) is 17.3. The number of hydrazone groups is 1. The van der Waals surface area contributed by atoms with E-state index in [2.05, 4.69) is 10.5 Å². The van der Waals surface area contributed by atoms with Gasteiger partial charge in [0.25, 0.3) is 0 Å². The highest BCUT2D eigenvalue weighted by Crippen LogP contribution is 2.34. The molecule has 5 nitrogen and oxygen atoms in total. The molecule has 2 aromatic rings. The second-order valence-electron chi connectivity index (χ2n) is 4.61. The Morgan fingerprint density at radius 3 is 2.54 bits per heavy atom. The Morgan fingerprint density at radius 1 is 1.17 bits per heavy atom. The summed E-state index contributed by atoms with van der Waals surface area (Å²) in [5, 5.41) is 14.2. The van der Waals surface area contributed by atoms with E-state index in [9.17, 15) is 23.1 Å². The molecule has 0 saturated heterocycles. The number of hydrogen-bond donors (Lipinski definition) is 1. The van der Waals surface area contributed by atoms with Crippen LogP contribution in [-0.2, 0) is 11.0 Å². The van der Waals surface area contributed by atoms with Crippen molar-refractivity contribution in [2.45, 2.75) is 6.18 Å². The monoisotopic (exact) mass is 337 g/mol. The maximum Gasteiger partial charge on any atom is 0.418 e. The molecule has 0 heterocycles. The molecule has 0 aliphatic carbocycles. The zero-order chi connectivity index (χ0) is 17.6. The average molecular weight is 337 g/mol. The lowest BCUT2D eigenvalue weighted by molar-refractivity contribution is -0.307. The van der Waals surface area contributed by atoms with Crippen LogP contribution in [0.2, 0.25) is 0 Å². The molecule has 1 N–H and O–H groups in total. The third-order valence-corrected chi connectivity index (χ3v) is 2.89. The highest BCUT2D eigenvalue weighted by atomic mass is 19.4. The van der Waals surface area contributed by atoms with Gasteiger partial charge in [0, 0.05) is 5.56 Å². The van der Waals surface area contributed by atoms with Gasteiger partial charge in [-0.3, -0.25) is 5.43 Å². The number of benzene rings is 2. The molecular weight excluding hydrogens is 325 g/mol. The van der Waals surface area contributed by atoms with Crippen molar-refractivity contribution < 1.29 is 27.8 Å². The van der Waals surface area contributed by atoms with Gasteiger partial charge in [-0.15, -0.1) is 0 Å². The lowest BCUT2D eigenvalue weighted by Gasteiger charge is -2.12. The number of ether oxygens (including phenoxy) is 1. The number of rotatable bonds is 6. The Bertz CT molecular complexity index is 745. The standard InChI is InChI=1S/C16H13F3N2O3/c17-16(18,19)12-6-2-3-7-13(12)21-20-9-11-5-1-4-8-14(11)24-10-15(22)23/h1-9,21H,10H2,(H,22,23)/p-1/b20-9-. The summed E-state index contributed by atoms with van der Waals surface area (Å²) in [6, 6.07) is 11.3. The van der Waals surface area contributed by atoms with E-state index in [1.165, 1.54) is 30.5 Å². The predicted molar refractivity (Wildman–Crippen MR) is 79.6 cm³/mol. The predicted octanol–water partition coefficient (Wildman–Crippen LogP) is 2.28. The Labute approximate surface area is 135 Å². The number of alkyl halides is 3. The number of para-hydroxylation sites is 2. The van der Waals surface area contributed by atoms with Crippen LogP contribution in [0.1, 0.15) is 11.1 Å². The summed E-state index contributed by atoms with van der Waals surface area (Å²) in [4.78, 5) is 10.4. The highest BCUT2D eigenvalue weighted by molar-refractivity contribution is 5.84. The van der Waals surface area contributed by atoms with Crippen molar-refractivity contribution in [3.05, 3.63) is 59.7 Å². The van der Waals surface area contributed by atoms with Gasteiger partial charge in [0.2, 0.25) is 0 Å². The molecule has 24 heavy (non-hydrogen) atoms. The van der Waals surface area contributed by atoms with Gasteiger partial charge < -0.3 is 14.6 Å². The first-order valence-electron chi connectivity index (χ1n) is 6.75. The van der Waals surface area contributed by atoms with E-state index in [0.29, 0.717) is 5.56 Å². The number of nitrogens with zero attached hydrogens (tertiary/aromatic N) is 1. The van der Waals surface area contributed by atoms with E-state index in [1.807, 2.05) is 0 Å². The minimum atomic E-state index is -4.51. The number of nitrogens with one attached hydrogen (secondary N) is 1. The van der Waals surface area contributed by atoms with Crippen LogP contribution in [-0.4, -0.2) is 18.8 Å². The number of aliphatic carboxylic acids is 1. The van der Waals surface area contributed by atoms with Crippen molar-refractivity contribution >= 4 is 17.9 Å². The fourth-order valence-electron chi connectivity index (χ4n) is 1.85. The van der Waals surface area contributed by atoms with Crippen LogP contribution in [0, 0.1) is 0 Å². The second kappa shape index (κ2) is 7.49. The number of carbonyl (C=O) groups excluding carboxylic acids is 1. The molecule has 126 valence electrons. The topological polar surface area (TPSA) is 73.8 Å². The Balaban J connectivity index is 2.15. The fourth-order valence-corrected chi connectivity index (χ4v) is 1.85. The molecule has 0 radical (unpaired) electrons. The maximum atomic E-state index is 12.9. The number of halogens is 3. The van der Waals surface area contributed by atoms with E-state index >= 15 is 0 Å². The van der Waals surface area contributed by atoms with Gasteiger partial charge in [-0.25, -0.2) is 0 Å². The van der Waals surface area contributed by atoms with Crippen LogP contribution in [0.4, 0.5) is 18.9 Å². The first-order valence-corrected chi connectivity index (χ1v) is 6.75. The van der Waals surface area contributed by atoms with Gasteiger partial charge in [-0.05, 0) is 24.3 Å². The van der Waals surface area contributed by atoms with Crippen LogP contribution in [0.3, 0.4) is 0 Å². The molecule has 0 bridgehead atoms. The number of anilines is 1. The second-order valence-corrected chi connectivity index (χ2v) is 4.61. The molecule has 0 aliphatic heterocycles. The Hall–Kier alpha value is -3.03. The minimum Gasteiger partial charge on any atom is -0.546 e. The summed E-state index contributed by atoms with van der Waals surface area (Å²) in [5.74, 6) is -1.17. The third-order valence-electron chi connectivity index (χ3n) is 2.89. The van der Waals surface area contributed by atoms with Crippen molar-refractivity contribution in [3.8, 4) is 5.75 Å². The highest BCUT2D eigenvalue weighted by Gasteiger charge is 2.33. The van der Waals surface area contributed by atoms with Crippen molar-refractivity contribution in [1.82, 2.24) is 0 Å². The lowest BCUT2D eigenvalue weighted by atomic mass is 10.2. The number of hydrogen-bond acceptors (Lipinski definition) is 5. The van der Waals surface area contributed by atoms with Crippen LogP contribution in [0.5, 0.6) is 5.75 Å². The van der Waals surface area contributed by atoms with Crippen LogP contribution >= 0.6 is 0 Å². The van der Waals surface area contributed by atoms with Crippen molar-refractivity contribution in [3.63, 3.8) is 0 Å². The van der Waals surface area contributed by atoms with Gasteiger partial charge >= 0.3 is 6.18 Å². The van der Waals surface area contributed by atoms with Crippen molar-refractivity contribution in [1.29, 1.82) is 0 Å². The Kier molecular flexibility index (Phi) is 5.41. The van der Waals surface area contributed by atoms with Crippen LogP contribution < -0.4 is 15.3 Å². The average Bonchev–Trinajstić information content (AvgIpc) is 2.53. The third kappa shape index (κ3) is 4.73. The molecule has 0 aliphatic rings. The number of carboxylic acid groups (broad SMARTS) is 1. The van der Waals surface area contributed by atoms with Gasteiger partial charge in [-0.1, -0.05) is 24.3 Å². The molecule has 0 fully saturated rings. The van der Waals surface area contributed by atoms with Gasteiger partial charge in [0.1, 0.15) is 12.4 Å². The quantitative estimate of drug-likeness (QED) is 0.648. The molecule has 8 heteroatoms. The SMILES string of the molecule is O=C([O-])COc1ccccc1/C=N\Nc1ccccc1C(F)(F)F. The molecule has 2 aromatic carbocycles. The largest absolute Gasteiger partial charge is 0.546 e.